The summed E-state index contributed by atoms with van der Waals surface area (Å²) in [6.07, 6.45) is 0. The van der Waals surface area contributed by atoms with E-state index in [1.807, 2.05) is 30.3 Å². The predicted octanol–water partition coefficient (Wildman–Crippen LogP) is 5.00. The van der Waals surface area contributed by atoms with Crippen LogP contribution in [0.15, 0.2) is 72.8 Å². The van der Waals surface area contributed by atoms with Crippen molar-refractivity contribution in [2.45, 2.75) is 19.3 Å². The zero-order chi connectivity index (χ0) is 16.0. The Bertz CT molecular complexity index is 866. The first-order valence-corrected chi connectivity index (χ1v) is 7.93. The van der Waals surface area contributed by atoms with Crippen molar-refractivity contribution in [3.8, 4) is 11.1 Å². The minimum atomic E-state index is -0.000531. The highest BCUT2D eigenvalue weighted by molar-refractivity contribution is 5.83. The molecule has 0 unspecified atom stereocenters. The zero-order valence-corrected chi connectivity index (χ0v) is 13.5. The number of benzene rings is 3. The Morgan fingerprint density at radius 1 is 0.696 bits per heavy atom. The highest BCUT2D eigenvalue weighted by Crippen LogP contribution is 2.49. The molecule has 0 spiro atoms. The van der Waals surface area contributed by atoms with Crippen LogP contribution in [0.1, 0.15) is 25.0 Å². The summed E-state index contributed by atoms with van der Waals surface area (Å²) < 4.78 is 0. The van der Waals surface area contributed by atoms with E-state index in [-0.39, 0.29) is 5.41 Å². The molecule has 0 heterocycles. The molecule has 4 rings (SSSR count). The lowest BCUT2D eigenvalue weighted by molar-refractivity contribution is 0.660. The van der Waals surface area contributed by atoms with Gasteiger partial charge in [0, 0.05) is 5.41 Å². The first-order chi connectivity index (χ1) is 11.1. The van der Waals surface area contributed by atoms with Crippen molar-refractivity contribution in [1.82, 2.24) is 0 Å². The Kier molecular flexibility index (Phi) is 3.03. The van der Waals surface area contributed by atoms with Gasteiger partial charge in [0.1, 0.15) is 0 Å². The lowest BCUT2D eigenvalue weighted by Crippen LogP contribution is -2.25. The number of nitrogens with zero attached hydrogens (tertiary/aromatic N) is 1. The Balaban J connectivity index is 1.83. The van der Waals surface area contributed by atoms with Gasteiger partial charge in [-0.1, -0.05) is 62.4 Å². The molecule has 0 saturated carbocycles. The summed E-state index contributed by atoms with van der Waals surface area (Å²) in [5.74, 6) is 6.34. The van der Waals surface area contributed by atoms with Gasteiger partial charge in [0.25, 0.3) is 0 Å². The minimum absolute atomic E-state index is 0.000531. The van der Waals surface area contributed by atoms with E-state index in [9.17, 15) is 0 Å². The van der Waals surface area contributed by atoms with Crippen LogP contribution in [0.4, 0.5) is 11.4 Å². The molecule has 2 nitrogen and oxygen atoms in total. The number of nitrogens with two attached hydrogens (primary N) is 1. The molecule has 0 atom stereocenters. The van der Waals surface area contributed by atoms with Crippen LogP contribution in [0.5, 0.6) is 0 Å². The molecule has 0 fully saturated rings. The fraction of sp³-hybridized carbons (Fsp3) is 0.143. The quantitative estimate of drug-likeness (QED) is 0.533. The number of hydrazine groups is 1. The fourth-order valence-electron chi connectivity index (χ4n) is 3.58. The summed E-state index contributed by atoms with van der Waals surface area (Å²) in [7, 11) is 0. The molecule has 3 aromatic carbocycles. The van der Waals surface area contributed by atoms with E-state index in [0.29, 0.717) is 0 Å². The van der Waals surface area contributed by atoms with Crippen molar-refractivity contribution >= 4 is 11.4 Å². The van der Waals surface area contributed by atoms with E-state index in [4.69, 9.17) is 5.84 Å². The first kappa shape index (κ1) is 14.0. The molecule has 3 aromatic rings. The number of fused-ring (bicyclic) bond motifs is 3. The average molecular weight is 300 g/mol. The number of hydrogen-bond donors (Lipinski definition) is 1. The van der Waals surface area contributed by atoms with Crippen molar-refractivity contribution < 1.29 is 0 Å². The smallest absolute Gasteiger partial charge is 0.0578 e. The molecule has 0 bridgehead atoms. The molecule has 2 heteroatoms. The molecule has 0 amide bonds. The standard InChI is InChI=1S/C21H20N2/c1-21(2)19-11-7-6-10-17(19)18-13-12-16(14-20(18)21)23(22)15-8-4-3-5-9-15/h3-14H,22H2,1-2H3. The van der Waals surface area contributed by atoms with Gasteiger partial charge in [0.15, 0.2) is 0 Å². The molecule has 1 aliphatic carbocycles. The first-order valence-electron chi connectivity index (χ1n) is 7.93. The highest BCUT2D eigenvalue weighted by atomic mass is 15.4. The van der Waals surface area contributed by atoms with Gasteiger partial charge in [-0.2, -0.15) is 0 Å². The molecule has 114 valence electrons. The topological polar surface area (TPSA) is 29.3 Å². The maximum atomic E-state index is 6.34. The van der Waals surface area contributed by atoms with E-state index in [2.05, 4.69) is 56.3 Å². The molecule has 0 aliphatic heterocycles. The van der Waals surface area contributed by atoms with Crippen LogP contribution in [-0.2, 0) is 5.41 Å². The summed E-state index contributed by atoms with van der Waals surface area (Å²) in [5, 5.41) is 1.75. The lowest BCUT2D eigenvalue weighted by atomic mass is 9.82. The third kappa shape index (κ3) is 2.07. The van der Waals surface area contributed by atoms with E-state index in [1.165, 1.54) is 22.3 Å². The number of anilines is 2. The maximum Gasteiger partial charge on any atom is 0.0578 e. The Morgan fingerprint density at radius 3 is 2.13 bits per heavy atom. The fourth-order valence-corrected chi connectivity index (χ4v) is 3.58. The third-order valence-corrected chi connectivity index (χ3v) is 4.88. The molecule has 1 aliphatic rings. The van der Waals surface area contributed by atoms with Gasteiger partial charge in [-0.15, -0.1) is 0 Å². The van der Waals surface area contributed by atoms with Gasteiger partial charge in [-0.25, -0.2) is 5.84 Å². The van der Waals surface area contributed by atoms with Crippen LogP contribution in [-0.4, -0.2) is 0 Å². The van der Waals surface area contributed by atoms with Crippen molar-refractivity contribution in [1.29, 1.82) is 0 Å². The van der Waals surface area contributed by atoms with Crippen LogP contribution in [0.2, 0.25) is 0 Å². The second-order valence-electron chi connectivity index (χ2n) is 6.61. The minimum Gasteiger partial charge on any atom is -0.280 e. The highest BCUT2D eigenvalue weighted by Gasteiger charge is 2.35. The second-order valence-corrected chi connectivity index (χ2v) is 6.61. The van der Waals surface area contributed by atoms with Crippen LogP contribution in [0.25, 0.3) is 11.1 Å². The van der Waals surface area contributed by atoms with E-state index in [1.54, 1.807) is 5.01 Å². The van der Waals surface area contributed by atoms with E-state index < -0.39 is 0 Å². The monoisotopic (exact) mass is 300 g/mol. The summed E-state index contributed by atoms with van der Waals surface area (Å²) in [5.41, 5.74) is 7.37. The Morgan fingerprint density at radius 2 is 1.35 bits per heavy atom. The Labute approximate surface area is 137 Å². The van der Waals surface area contributed by atoms with Gasteiger partial charge in [0.05, 0.1) is 11.4 Å². The summed E-state index contributed by atoms with van der Waals surface area (Å²) in [6, 6.07) is 25.2. The van der Waals surface area contributed by atoms with E-state index in [0.717, 1.165) is 11.4 Å². The number of hydrogen-bond acceptors (Lipinski definition) is 2. The molecular weight excluding hydrogens is 280 g/mol. The van der Waals surface area contributed by atoms with Crippen LogP contribution in [0.3, 0.4) is 0 Å². The van der Waals surface area contributed by atoms with Gasteiger partial charge in [-0.3, -0.25) is 5.01 Å². The van der Waals surface area contributed by atoms with Crippen LogP contribution in [0, 0.1) is 0 Å². The zero-order valence-electron chi connectivity index (χ0n) is 13.5. The van der Waals surface area contributed by atoms with Gasteiger partial charge >= 0.3 is 0 Å². The summed E-state index contributed by atoms with van der Waals surface area (Å²) in [4.78, 5) is 0. The third-order valence-electron chi connectivity index (χ3n) is 4.88. The largest absolute Gasteiger partial charge is 0.280 e. The molecular formula is C21H20N2. The molecule has 23 heavy (non-hydrogen) atoms. The van der Waals surface area contributed by atoms with Crippen molar-refractivity contribution in [3.05, 3.63) is 83.9 Å². The number of rotatable bonds is 2. The second kappa shape index (κ2) is 4.97. The van der Waals surface area contributed by atoms with Gasteiger partial charge < -0.3 is 0 Å². The maximum absolute atomic E-state index is 6.34. The molecule has 0 aromatic heterocycles. The number of para-hydroxylation sites is 1. The SMILES string of the molecule is CC1(C)c2ccccc2-c2ccc(N(N)c3ccccc3)cc21. The van der Waals surface area contributed by atoms with Crippen LogP contribution < -0.4 is 10.9 Å². The Hall–Kier alpha value is -2.58. The summed E-state index contributed by atoms with van der Waals surface area (Å²) >= 11 is 0. The molecule has 0 radical (unpaired) electrons. The average Bonchev–Trinajstić information content (AvgIpc) is 2.83. The van der Waals surface area contributed by atoms with Gasteiger partial charge in [0.2, 0.25) is 0 Å². The van der Waals surface area contributed by atoms with Gasteiger partial charge in [-0.05, 0) is 46.5 Å². The summed E-state index contributed by atoms with van der Waals surface area (Å²) in [6.45, 7) is 4.57. The van der Waals surface area contributed by atoms with Crippen molar-refractivity contribution in [2.24, 2.45) is 5.84 Å². The predicted molar refractivity (Wildman–Crippen MR) is 96.8 cm³/mol. The van der Waals surface area contributed by atoms with E-state index >= 15 is 0 Å². The van der Waals surface area contributed by atoms with Crippen LogP contribution >= 0.6 is 0 Å². The molecule has 2 N–H and O–H groups in total. The van der Waals surface area contributed by atoms with Crippen molar-refractivity contribution in [3.63, 3.8) is 0 Å². The van der Waals surface area contributed by atoms with Crippen molar-refractivity contribution in [2.75, 3.05) is 5.01 Å². The molecule has 0 saturated heterocycles. The normalized spacial score (nSPS) is 14.2. The lowest BCUT2D eigenvalue weighted by Gasteiger charge is -2.24.